The van der Waals surface area contributed by atoms with Crippen LogP contribution in [0.2, 0.25) is 0 Å². The first-order chi connectivity index (χ1) is 13.8. The van der Waals surface area contributed by atoms with Crippen molar-refractivity contribution in [3.63, 3.8) is 0 Å². The van der Waals surface area contributed by atoms with Gasteiger partial charge in [0.15, 0.2) is 11.0 Å². The van der Waals surface area contributed by atoms with E-state index < -0.39 is 17.2 Å². The number of thioether (sulfide) groups is 1. The number of amides is 3. The summed E-state index contributed by atoms with van der Waals surface area (Å²) in [5.41, 5.74) is 7.13. The Morgan fingerprint density at radius 1 is 1.24 bits per heavy atom. The normalized spacial score (nSPS) is 12.1. The summed E-state index contributed by atoms with van der Waals surface area (Å²) in [5.74, 6) is 0.895. The monoisotopic (exact) mass is 413 g/mol. The van der Waals surface area contributed by atoms with E-state index in [0.29, 0.717) is 17.5 Å². The van der Waals surface area contributed by atoms with Gasteiger partial charge in [0.05, 0.1) is 18.1 Å². The number of nitrogens with one attached hydrogen (secondary N) is 1. The number of imide groups is 1. The summed E-state index contributed by atoms with van der Waals surface area (Å²) < 4.78 is 7.41. The first-order valence-electron chi connectivity index (χ1n) is 9.14. The second kappa shape index (κ2) is 8.95. The van der Waals surface area contributed by atoms with E-state index in [1.807, 2.05) is 61.7 Å². The Labute approximate surface area is 172 Å². The van der Waals surface area contributed by atoms with Crippen molar-refractivity contribution >= 4 is 23.7 Å². The Kier molecular flexibility index (Phi) is 6.38. The summed E-state index contributed by atoms with van der Waals surface area (Å²) in [5, 5.41) is 10.8. The molecular formula is C20H23N5O3S. The van der Waals surface area contributed by atoms with Gasteiger partial charge in [-0.15, -0.1) is 10.2 Å². The first kappa shape index (κ1) is 20.7. The summed E-state index contributed by atoms with van der Waals surface area (Å²) in [7, 11) is 0. The number of furan rings is 1. The lowest BCUT2D eigenvalue weighted by Crippen LogP contribution is -2.42. The van der Waals surface area contributed by atoms with Crippen molar-refractivity contribution in [1.82, 2.24) is 20.1 Å². The molecule has 0 saturated heterocycles. The second-order valence-corrected chi connectivity index (χ2v) is 8.09. The lowest BCUT2D eigenvalue weighted by molar-refractivity contribution is -0.120. The van der Waals surface area contributed by atoms with Crippen LogP contribution in [0.25, 0.3) is 11.4 Å². The number of nitrogens with two attached hydrogens (primary N) is 1. The second-order valence-electron chi connectivity index (χ2n) is 6.98. The number of aromatic nitrogens is 3. The van der Waals surface area contributed by atoms with E-state index in [4.69, 9.17) is 10.2 Å². The predicted molar refractivity (Wildman–Crippen MR) is 110 cm³/mol. The van der Waals surface area contributed by atoms with Crippen LogP contribution in [-0.4, -0.2) is 32.0 Å². The highest BCUT2D eigenvalue weighted by atomic mass is 32.2. The van der Waals surface area contributed by atoms with Crippen LogP contribution in [0.4, 0.5) is 4.79 Å². The lowest BCUT2D eigenvalue weighted by atomic mass is 10.1. The first-order valence-corrected chi connectivity index (χ1v) is 10.0. The topological polar surface area (TPSA) is 116 Å². The number of nitrogens with zero attached hydrogens (tertiary/aromatic N) is 3. The maximum absolute atomic E-state index is 12.4. The van der Waals surface area contributed by atoms with Crippen molar-refractivity contribution in [3.8, 4) is 11.4 Å². The van der Waals surface area contributed by atoms with Crippen molar-refractivity contribution < 1.29 is 14.0 Å². The molecule has 0 saturated carbocycles. The summed E-state index contributed by atoms with van der Waals surface area (Å²) in [6.45, 7) is 6.21. The van der Waals surface area contributed by atoms with Crippen LogP contribution in [0.1, 0.15) is 25.2 Å². The molecule has 9 heteroatoms. The summed E-state index contributed by atoms with van der Waals surface area (Å²) in [6.07, 6.45) is 1.61. The van der Waals surface area contributed by atoms with E-state index in [2.05, 4.69) is 15.5 Å². The van der Waals surface area contributed by atoms with Gasteiger partial charge in [0.1, 0.15) is 5.76 Å². The molecule has 29 heavy (non-hydrogen) atoms. The van der Waals surface area contributed by atoms with Crippen molar-refractivity contribution in [3.05, 3.63) is 54.0 Å². The van der Waals surface area contributed by atoms with Gasteiger partial charge >= 0.3 is 6.03 Å². The standard InChI is InChI=1S/C20H23N5O3S/c1-12(2)16(18(26)22-19(21)27)29-20-24-23-17(14-7-4-6-13(3)10-14)25(20)11-15-8-5-9-28-15/h4-10,12,16H,11H2,1-3H3,(H3,21,22,26,27)/t16-/m0/s1. The van der Waals surface area contributed by atoms with Gasteiger partial charge in [-0.3, -0.25) is 14.7 Å². The zero-order valence-corrected chi connectivity index (χ0v) is 17.3. The number of primary amides is 1. The van der Waals surface area contributed by atoms with Crippen molar-refractivity contribution in [2.45, 2.75) is 37.7 Å². The van der Waals surface area contributed by atoms with Crippen LogP contribution in [0, 0.1) is 12.8 Å². The third-order valence-corrected chi connectivity index (χ3v) is 5.76. The number of carbonyl (C=O) groups excluding carboxylic acids is 2. The average molecular weight is 414 g/mol. The highest BCUT2D eigenvalue weighted by Crippen LogP contribution is 2.31. The molecule has 152 valence electrons. The molecule has 0 aliphatic heterocycles. The van der Waals surface area contributed by atoms with E-state index >= 15 is 0 Å². The van der Waals surface area contributed by atoms with Crippen LogP contribution in [0.5, 0.6) is 0 Å². The van der Waals surface area contributed by atoms with Crippen molar-refractivity contribution in [1.29, 1.82) is 0 Å². The average Bonchev–Trinajstić information content (AvgIpc) is 3.29. The Hall–Kier alpha value is -3.07. The molecule has 3 N–H and O–H groups in total. The van der Waals surface area contributed by atoms with Gasteiger partial charge in [0.25, 0.3) is 0 Å². The van der Waals surface area contributed by atoms with Gasteiger partial charge in [0, 0.05) is 5.56 Å². The van der Waals surface area contributed by atoms with Gasteiger partial charge in [-0.1, -0.05) is 49.4 Å². The fraction of sp³-hybridized carbons (Fsp3) is 0.300. The Morgan fingerprint density at radius 2 is 2.03 bits per heavy atom. The van der Waals surface area contributed by atoms with E-state index in [-0.39, 0.29) is 5.92 Å². The predicted octanol–water partition coefficient (Wildman–Crippen LogP) is 3.21. The molecule has 3 aromatic rings. The fourth-order valence-electron chi connectivity index (χ4n) is 2.87. The van der Waals surface area contributed by atoms with Gasteiger partial charge in [-0.2, -0.15) is 0 Å². The van der Waals surface area contributed by atoms with Crippen LogP contribution >= 0.6 is 11.8 Å². The van der Waals surface area contributed by atoms with E-state index in [0.717, 1.165) is 16.9 Å². The summed E-state index contributed by atoms with van der Waals surface area (Å²) >= 11 is 1.24. The molecule has 0 bridgehead atoms. The molecule has 1 aromatic carbocycles. The largest absolute Gasteiger partial charge is 0.467 e. The van der Waals surface area contributed by atoms with Crippen molar-refractivity contribution in [2.75, 3.05) is 0 Å². The van der Waals surface area contributed by atoms with Crippen LogP contribution in [-0.2, 0) is 11.3 Å². The molecule has 8 nitrogen and oxygen atoms in total. The number of hydrogen-bond donors (Lipinski definition) is 2. The van der Waals surface area contributed by atoms with Crippen molar-refractivity contribution in [2.24, 2.45) is 11.7 Å². The molecule has 0 aliphatic carbocycles. The van der Waals surface area contributed by atoms with Gasteiger partial charge in [-0.05, 0) is 31.0 Å². The van der Waals surface area contributed by atoms with E-state index in [1.165, 1.54) is 11.8 Å². The smallest absolute Gasteiger partial charge is 0.318 e. The van der Waals surface area contributed by atoms with Gasteiger partial charge < -0.3 is 10.2 Å². The Balaban J connectivity index is 1.99. The molecule has 1 atom stereocenters. The molecular weight excluding hydrogens is 390 g/mol. The van der Waals surface area contributed by atoms with Crippen LogP contribution in [0.15, 0.2) is 52.2 Å². The third-order valence-electron chi connectivity index (χ3n) is 4.23. The molecule has 0 aliphatic rings. The molecule has 0 fully saturated rings. The molecule has 0 radical (unpaired) electrons. The number of urea groups is 1. The highest BCUT2D eigenvalue weighted by molar-refractivity contribution is 8.00. The quantitative estimate of drug-likeness (QED) is 0.575. The zero-order valence-electron chi connectivity index (χ0n) is 16.5. The van der Waals surface area contributed by atoms with E-state index in [9.17, 15) is 9.59 Å². The minimum absolute atomic E-state index is 0.0597. The molecule has 2 heterocycles. The number of aryl methyl sites for hydroxylation is 1. The SMILES string of the molecule is Cc1cccc(-c2nnc(S[C@H](C(=O)NC(N)=O)C(C)C)n2Cc2ccco2)c1. The van der Waals surface area contributed by atoms with Gasteiger partial charge in [0.2, 0.25) is 5.91 Å². The minimum Gasteiger partial charge on any atom is -0.467 e. The minimum atomic E-state index is -0.876. The highest BCUT2D eigenvalue weighted by Gasteiger charge is 2.28. The third kappa shape index (κ3) is 5.05. The Morgan fingerprint density at radius 3 is 2.66 bits per heavy atom. The van der Waals surface area contributed by atoms with E-state index in [1.54, 1.807) is 6.26 Å². The summed E-state index contributed by atoms with van der Waals surface area (Å²) in [6, 6.07) is 10.8. The number of benzene rings is 1. The Bertz CT molecular complexity index is 997. The number of carbonyl (C=O) groups is 2. The maximum atomic E-state index is 12.4. The summed E-state index contributed by atoms with van der Waals surface area (Å²) in [4.78, 5) is 23.6. The lowest BCUT2D eigenvalue weighted by Gasteiger charge is -2.19. The molecule has 0 unspecified atom stereocenters. The fourth-order valence-corrected chi connectivity index (χ4v) is 3.90. The molecule has 0 spiro atoms. The van der Waals surface area contributed by atoms with Gasteiger partial charge in [-0.25, -0.2) is 4.79 Å². The zero-order chi connectivity index (χ0) is 21.0. The number of rotatable bonds is 7. The molecule has 3 rings (SSSR count). The number of hydrogen-bond acceptors (Lipinski definition) is 6. The van der Waals surface area contributed by atoms with Crippen LogP contribution < -0.4 is 11.1 Å². The van der Waals surface area contributed by atoms with Crippen LogP contribution in [0.3, 0.4) is 0 Å². The molecule has 2 aromatic heterocycles. The maximum Gasteiger partial charge on any atom is 0.318 e. The molecule has 3 amide bonds.